The summed E-state index contributed by atoms with van der Waals surface area (Å²) in [6.45, 7) is 1.04. The SMILES string of the molecule is CCOc1ncc(C(F)(F)F)cc1S(=O)(=O)N1C[C@H](CCC(=O)OC)Oc2ccc(/C=C/c3c(Cl)cccc3C(F)F)cc21. The maximum atomic E-state index is 14.1. The van der Waals surface area contributed by atoms with Gasteiger partial charge in [-0.3, -0.25) is 9.10 Å². The van der Waals surface area contributed by atoms with Crippen LogP contribution in [0.5, 0.6) is 11.6 Å². The molecule has 1 aliphatic rings. The summed E-state index contributed by atoms with van der Waals surface area (Å²) in [5.74, 6) is -1.05. The topological polar surface area (TPSA) is 95.0 Å². The molecule has 0 bridgehead atoms. The van der Waals surface area contributed by atoms with Crippen molar-refractivity contribution in [3.8, 4) is 11.6 Å². The minimum Gasteiger partial charge on any atom is -0.486 e. The number of benzene rings is 2. The van der Waals surface area contributed by atoms with Crippen molar-refractivity contribution in [2.75, 3.05) is 24.6 Å². The van der Waals surface area contributed by atoms with Crippen LogP contribution >= 0.6 is 11.6 Å². The van der Waals surface area contributed by atoms with E-state index in [1.54, 1.807) is 0 Å². The Hall–Kier alpha value is -3.91. The number of pyridine rings is 1. The van der Waals surface area contributed by atoms with Gasteiger partial charge < -0.3 is 14.2 Å². The molecule has 2 aromatic carbocycles. The Morgan fingerprint density at radius 3 is 2.61 bits per heavy atom. The molecule has 1 aromatic heterocycles. The maximum absolute atomic E-state index is 14.1. The van der Waals surface area contributed by atoms with Gasteiger partial charge in [-0.1, -0.05) is 42.0 Å². The molecule has 0 spiro atoms. The molecular formula is C29H26ClF5N2O6S. The van der Waals surface area contributed by atoms with Gasteiger partial charge in [-0.2, -0.15) is 13.2 Å². The van der Waals surface area contributed by atoms with Crippen LogP contribution in [-0.4, -0.2) is 45.7 Å². The molecule has 1 aliphatic heterocycles. The molecule has 2 heterocycles. The van der Waals surface area contributed by atoms with Gasteiger partial charge in [0, 0.05) is 28.8 Å². The van der Waals surface area contributed by atoms with Crippen LogP contribution in [0.1, 0.15) is 48.4 Å². The second-order valence-electron chi connectivity index (χ2n) is 9.45. The van der Waals surface area contributed by atoms with Crippen LogP contribution in [0.25, 0.3) is 12.2 Å². The van der Waals surface area contributed by atoms with E-state index in [9.17, 15) is 35.2 Å². The fourth-order valence-corrected chi connectivity index (χ4v) is 6.28. The van der Waals surface area contributed by atoms with Gasteiger partial charge >= 0.3 is 12.1 Å². The van der Waals surface area contributed by atoms with Gasteiger partial charge in [0.25, 0.3) is 16.4 Å². The van der Waals surface area contributed by atoms with Crippen molar-refractivity contribution in [2.45, 2.75) is 43.4 Å². The maximum Gasteiger partial charge on any atom is 0.417 e. The van der Waals surface area contributed by atoms with E-state index in [0.29, 0.717) is 17.8 Å². The number of sulfonamides is 1. The lowest BCUT2D eigenvalue weighted by molar-refractivity contribution is -0.141. The number of alkyl halides is 5. The molecule has 8 nitrogen and oxygen atoms in total. The zero-order valence-corrected chi connectivity index (χ0v) is 24.8. The largest absolute Gasteiger partial charge is 0.486 e. The van der Waals surface area contributed by atoms with E-state index < -0.39 is 51.0 Å². The second-order valence-corrected chi connectivity index (χ2v) is 11.7. The molecule has 44 heavy (non-hydrogen) atoms. The van der Waals surface area contributed by atoms with Crippen molar-refractivity contribution in [1.82, 2.24) is 4.98 Å². The third-order valence-corrected chi connectivity index (χ3v) is 8.68. The molecule has 0 fully saturated rings. The van der Waals surface area contributed by atoms with Gasteiger partial charge in [0.05, 0.1) is 31.5 Å². The lowest BCUT2D eigenvalue weighted by Crippen LogP contribution is -2.44. The van der Waals surface area contributed by atoms with Crippen molar-refractivity contribution < 1.29 is 49.4 Å². The van der Waals surface area contributed by atoms with E-state index in [4.69, 9.17) is 21.1 Å². The number of carbonyl (C=O) groups excluding carboxylic acids is 1. The summed E-state index contributed by atoms with van der Waals surface area (Å²) in [4.78, 5) is 14.6. The van der Waals surface area contributed by atoms with Gasteiger partial charge in [-0.05, 0) is 43.2 Å². The Morgan fingerprint density at radius 2 is 1.95 bits per heavy atom. The molecule has 0 saturated carbocycles. The lowest BCUT2D eigenvalue weighted by atomic mass is 10.0. The highest BCUT2D eigenvalue weighted by Gasteiger charge is 2.39. The van der Waals surface area contributed by atoms with Crippen LogP contribution in [0.3, 0.4) is 0 Å². The fourth-order valence-electron chi connectivity index (χ4n) is 4.43. The van der Waals surface area contributed by atoms with Crippen LogP contribution in [0.2, 0.25) is 5.02 Å². The van der Waals surface area contributed by atoms with Crippen LogP contribution in [-0.2, 0) is 25.7 Å². The molecule has 3 aromatic rings. The Labute approximate surface area is 255 Å². The standard InChI is InChI=1S/C29H26ClF5N2O6S/c1-3-42-28-25(14-18(15-36-28)29(33,34)35)44(39,40)37-16-19(9-12-26(38)41-2)43-24-11-8-17(13-23(24)37)7-10-20-21(27(31)32)5-4-6-22(20)30/h4-8,10-11,13-15,19,27H,3,9,12,16H2,1-2H3/b10-7+/t19-/m0/s1. The van der Waals surface area contributed by atoms with E-state index in [1.165, 1.54) is 62.6 Å². The number of carbonyl (C=O) groups is 1. The Bertz CT molecular complexity index is 1670. The average Bonchev–Trinajstić information content (AvgIpc) is 2.98. The monoisotopic (exact) mass is 660 g/mol. The molecule has 4 rings (SSSR count). The predicted octanol–water partition coefficient (Wildman–Crippen LogP) is 7.17. The Morgan fingerprint density at radius 1 is 1.20 bits per heavy atom. The summed E-state index contributed by atoms with van der Waals surface area (Å²) in [5, 5.41) is 0.0681. The van der Waals surface area contributed by atoms with Gasteiger partial charge in [-0.25, -0.2) is 22.2 Å². The van der Waals surface area contributed by atoms with E-state index in [1.807, 2.05) is 0 Å². The van der Waals surface area contributed by atoms with Gasteiger partial charge in [0.1, 0.15) is 11.9 Å². The number of rotatable bonds is 10. The Kier molecular flexibility index (Phi) is 10.0. The number of hydrogen-bond donors (Lipinski definition) is 0. The smallest absolute Gasteiger partial charge is 0.417 e. The molecule has 0 N–H and O–H groups in total. The highest BCUT2D eigenvalue weighted by atomic mass is 35.5. The number of fused-ring (bicyclic) bond motifs is 1. The second kappa shape index (κ2) is 13.4. The first-order valence-corrected chi connectivity index (χ1v) is 14.9. The first kappa shape index (κ1) is 33.0. The van der Waals surface area contributed by atoms with E-state index in [-0.39, 0.29) is 53.6 Å². The number of halogens is 6. The van der Waals surface area contributed by atoms with Crippen molar-refractivity contribution in [3.63, 3.8) is 0 Å². The zero-order chi connectivity index (χ0) is 32.2. The number of hydrogen-bond acceptors (Lipinski definition) is 7. The Balaban J connectivity index is 1.83. The summed E-state index contributed by atoms with van der Waals surface area (Å²) >= 11 is 6.15. The molecule has 0 amide bonds. The molecule has 0 radical (unpaired) electrons. The summed E-state index contributed by atoms with van der Waals surface area (Å²) in [7, 11) is -3.60. The van der Waals surface area contributed by atoms with Crippen molar-refractivity contribution in [1.29, 1.82) is 0 Å². The molecule has 0 aliphatic carbocycles. The van der Waals surface area contributed by atoms with Gasteiger partial charge in [0.2, 0.25) is 5.88 Å². The first-order valence-electron chi connectivity index (χ1n) is 13.1. The minimum absolute atomic E-state index is 0.0296. The highest BCUT2D eigenvalue weighted by Crippen LogP contribution is 2.42. The average molecular weight is 661 g/mol. The van der Waals surface area contributed by atoms with Crippen LogP contribution < -0.4 is 13.8 Å². The van der Waals surface area contributed by atoms with Crippen molar-refractivity contribution >= 4 is 45.4 Å². The van der Waals surface area contributed by atoms with E-state index in [0.717, 1.165) is 4.31 Å². The molecular weight excluding hydrogens is 635 g/mol. The summed E-state index contributed by atoms with van der Waals surface area (Å²) in [5.41, 5.74) is -1.26. The van der Waals surface area contributed by atoms with Crippen LogP contribution in [0, 0.1) is 0 Å². The first-order chi connectivity index (χ1) is 20.8. The normalized spacial score (nSPS) is 15.3. The quantitative estimate of drug-likeness (QED) is 0.129. The number of methoxy groups -OCH3 is 1. The summed E-state index contributed by atoms with van der Waals surface area (Å²) in [6, 6.07) is 8.82. The third-order valence-electron chi connectivity index (χ3n) is 6.57. The number of anilines is 1. The van der Waals surface area contributed by atoms with E-state index >= 15 is 0 Å². The summed E-state index contributed by atoms with van der Waals surface area (Å²) < 4.78 is 113. The third kappa shape index (κ3) is 7.24. The summed E-state index contributed by atoms with van der Waals surface area (Å²) in [6.07, 6.45) is -5.44. The molecule has 0 saturated heterocycles. The van der Waals surface area contributed by atoms with Crippen LogP contribution in [0.15, 0.2) is 53.6 Å². The molecule has 0 unspecified atom stereocenters. The molecule has 1 atom stereocenters. The van der Waals surface area contributed by atoms with Crippen molar-refractivity contribution in [3.05, 3.63) is 75.9 Å². The van der Waals surface area contributed by atoms with Crippen LogP contribution in [0.4, 0.5) is 27.6 Å². The number of esters is 1. The van der Waals surface area contributed by atoms with Gasteiger partial charge in [0.15, 0.2) is 4.90 Å². The number of nitrogens with zero attached hydrogens (tertiary/aromatic N) is 2. The lowest BCUT2D eigenvalue weighted by Gasteiger charge is -2.36. The van der Waals surface area contributed by atoms with E-state index in [2.05, 4.69) is 9.72 Å². The number of ether oxygens (including phenoxy) is 3. The highest BCUT2D eigenvalue weighted by molar-refractivity contribution is 7.93. The van der Waals surface area contributed by atoms with Crippen molar-refractivity contribution in [2.24, 2.45) is 0 Å². The van der Waals surface area contributed by atoms with Gasteiger partial charge in [-0.15, -0.1) is 0 Å². The zero-order valence-electron chi connectivity index (χ0n) is 23.3. The molecule has 15 heteroatoms. The predicted molar refractivity (Wildman–Crippen MR) is 152 cm³/mol. The minimum atomic E-state index is -4.90. The fraction of sp³-hybridized carbons (Fsp3) is 0.310. The molecule has 236 valence electrons. The number of aromatic nitrogens is 1.